The topological polar surface area (TPSA) is 47.3 Å². The second-order valence-electron chi connectivity index (χ2n) is 6.39. The van der Waals surface area contributed by atoms with Crippen molar-refractivity contribution in [3.8, 4) is 6.07 Å². The maximum Gasteiger partial charge on any atom is 0.229 e. The van der Waals surface area contributed by atoms with Crippen molar-refractivity contribution in [3.05, 3.63) is 74.2 Å². The zero-order valence-corrected chi connectivity index (χ0v) is 17.4. The summed E-state index contributed by atoms with van der Waals surface area (Å²) in [5.74, 6) is 0.523. The molecule has 27 heavy (non-hydrogen) atoms. The van der Waals surface area contributed by atoms with Crippen LogP contribution in [0.25, 0.3) is 0 Å². The summed E-state index contributed by atoms with van der Waals surface area (Å²) in [5.41, 5.74) is 2.67. The lowest BCUT2D eigenvalue weighted by Crippen LogP contribution is -2.47. The minimum atomic E-state index is -0.210. The van der Waals surface area contributed by atoms with Gasteiger partial charge in [-0.1, -0.05) is 51.4 Å². The molecule has 4 nitrogen and oxygen atoms in total. The number of amides is 1. The molecule has 7 heteroatoms. The molecular weight excluding hydrogens is 446 g/mol. The van der Waals surface area contributed by atoms with Crippen molar-refractivity contribution in [1.82, 2.24) is 4.90 Å². The molecule has 1 amide bonds. The Morgan fingerprint density at radius 3 is 2.52 bits per heavy atom. The molecule has 4 rings (SSSR count). The standard InChI is InChI=1S/C20H15BrClN3OS/c21-14-3-7-16(8-4-14)24-11-25-19(26)9-17(13-1-5-15(22)6-2-13)18(10-23)20(25)27-12-24/h1-8,17H,9,11-12H2/t17-/m1/s1. The van der Waals surface area contributed by atoms with Crippen molar-refractivity contribution in [2.75, 3.05) is 17.4 Å². The zero-order valence-electron chi connectivity index (χ0n) is 14.2. The molecule has 2 aliphatic heterocycles. The highest BCUT2D eigenvalue weighted by molar-refractivity contribution is 9.10. The smallest absolute Gasteiger partial charge is 0.229 e. The molecule has 0 unspecified atom stereocenters. The van der Waals surface area contributed by atoms with Crippen LogP contribution in [0.4, 0.5) is 5.69 Å². The molecule has 2 aromatic carbocycles. The largest absolute Gasteiger partial charge is 0.344 e. The minimum absolute atomic E-state index is 0.0401. The number of carbonyl (C=O) groups is 1. The summed E-state index contributed by atoms with van der Waals surface area (Å²) >= 11 is 11.0. The summed E-state index contributed by atoms with van der Waals surface area (Å²) in [6.07, 6.45) is 0.294. The minimum Gasteiger partial charge on any atom is -0.344 e. The molecule has 0 bridgehead atoms. The summed E-state index contributed by atoms with van der Waals surface area (Å²) in [7, 11) is 0. The van der Waals surface area contributed by atoms with Crippen molar-refractivity contribution >= 4 is 50.9 Å². The van der Waals surface area contributed by atoms with Crippen LogP contribution in [0, 0.1) is 11.3 Å². The Morgan fingerprint density at radius 1 is 1.15 bits per heavy atom. The molecule has 0 spiro atoms. The van der Waals surface area contributed by atoms with E-state index in [-0.39, 0.29) is 11.8 Å². The Kier molecular flexibility index (Phi) is 5.18. The lowest BCUT2D eigenvalue weighted by molar-refractivity contribution is -0.129. The lowest BCUT2D eigenvalue weighted by Gasteiger charge is -2.42. The van der Waals surface area contributed by atoms with Gasteiger partial charge in [-0.15, -0.1) is 0 Å². The quantitative estimate of drug-likeness (QED) is 0.608. The molecule has 1 saturated heterocycles. The van der Waals surface area contributed by atoms with Crippen LogP contribution in [0.2, 0.25) is 5.02 Å². The van der Waals surface area contributed by atoms with Gasteiger partial charge < -0.3 is 4.90 Å². The molecule has 2 aliphatic rings. The van der Waals surface area contributed by atoms with Gasteiger partial charge in [0.25, 0.3) is 0 Å². The Hall–Kier alpha value is -1.94. The van der Waals surface area contributed by atoms with Crippen LogP contribution in [0.15, 0.2) is 63.6 Å². The predicted molar refractivity (Wildman–Crippen MR) is 112 cm³/mol. The highest BCUT2D eigenvalue weighted by atomic mass is 79.9. The van der Waals surface area contributed by atoms with Gasteiger partial charge in [0.05, 0.1) is 29.2 Å². The van der Waals surface area contributed by atoms with Gasteiger partial charge in [0, 0.05) is 27.5 Å². The first-order valence-corrected chi connectivity index (χ1v) is 10.6. The maximum absolute atomic E-state index is 12.9. The van der Waals surface area contributed by atoms with Crippen LogP contribution in [0.3, 0.4) is 0 Å². The number of thioether (sulfide) groups is 1. The Balaban J connectivity index is 1.65. The summed E-state index contributed by atoms with van der Waals surface area (Å²) in [6.45, 7) is 0.460. The van der Waals surface area contributed by atoms with Gasteiger partial charge in [0.2, 0.25) is 5.91 Å². The third kappa shape index (κ3) is 3.60. The van der Waals surface area contributed by atoms with Crippen molar-refractivity contribution in [1.29, 1.82) is 5.26 Å². The number of carbonyl (C=O) groups excluding carboxylic acids is 1. The van der Waals surface area contributed by atoms with Gasteiger partial charge in [-0.2, -0.15) is 5.26 Å². The Morgan fingerprint density at radius 2 is 1.85 bits per heavy atom. The van der Waals surface area contributed by atoms with Crippen LogP contribution in [-0.4, -0.2) is 23.4 Å². The first-order chi connectivity index (χ1) is 13.1. The van der Waals surface area contributed by atoms with Gasteiger partial charge in [-0.05, 0) is 42.0 Å². The summed E-state index contributed by atoms with van der Waals surface area (Å²) < 4.78 is 1.02. The number of nitrogens with zero attached hydrogens (tertiary/aromatic N) is 3. The average molecular weight is 461 g/mol. The van der Waals surface area contributed by atoms with E-state index < -0.39 is 0 Å². The van der Waals surface area contributed by atoms with Crippen LogP contribution >= 0.6 is 39.3 Å². The molecule has 2 aromatic rings. The van der Waals surface area contributed by atoms with E-state index in [1.54, 1.807) is 28.8 Å². The van der Waals surface area contributed by atoms with Crippen LogP contribution in [-0.2, 0) is 4.79 Å². The summed E-state index contributed by atoms with van der Waals surface area (Å²) in [5, 5.41) is 11.2. The molecule has 0 aromatic heterocycles. The number of rotatable bonds is 2. The fourth-order valence-corrected chi connectivity index (χ4v) is 4.92. The van der Waals surface area contributed by atoms with E-state index in [0.29, 0.717) is 29.6 Å². The van der Waals surface area contributed by atoms with E-state index in [2.05, 4.69) is 26.9 Å². The third-order valence-corrected chi connectivity index (χ3v) is 6.69. The molecule has 1 atom stereocenters. The third-order valence-electron chi connectivity index (χ3n) is 4.76. The molecule has 2 heterocycles. The van der Waals surface area contributed by atoms with E-state index in [9.17, 15) is 10.1 Å². The Labute approximate surface area is 175 Å². The van der Waals surface area contributed by atoms with Crippen molar-refractivity contribution < 1.29 is 4.79 Å². The normalized spacial score (nSPS) is 19.7. The average Bonchev–Trinajstić information content (AvgIpc) is 2.69. The predicted octanol–water partition coefficient (Wildman–Crippen LogP) is 5.32. The first-order valence-electron chi connectivity index (χ1n) is 8.40. The van der Waals surface area contributed by atoms with Gasteiger partial charge in [-0.3, -0.25) is 9.69 Å². The van der Waals surface area contributed by atoms with Crippen molar-refractivity contribution in [2.24, 2.45) is 0 Å². The molecule has 1 fully saturated rings. The first kappa shape index (κ1) is 18.4. The maximum atomic E-state index is 12.9. The number of benzene rings is 2. The Bertz CT molecular complexity index is 953. The van der Waals surface area contributed by atoms with E-state index in [0.717, 1.165) is 20.8 Å². The molecule has 136 valence electrons. The number of nitriles is 1. The van der Waals surface area contributed by atoms with Crippen LogP contribution in [0.1, 0.15) is 17.9 Å². The zero-order chi connectivity index (χ0) is 19.0. The molecule has 0 radical (unpaired) electrons. The van der Waals surface area contributed by atoms with E-state index in [1.165, 1.54) is 0 Å². The number of halogens is 2. The monoisotopic (exact) mass is 459 g/mol. The number of fused-ring (bicyclic) bond motifs is 1. The van der Waals surface area contributed by atoms with Gasteiger partial charge in [0.15, 0.2) is 0 Å². The van der Waals surface area contributed by atoms with Gasteiger partial charge in [-0.25, -0.2) is 0 Å². The molecule has 0 N–H and O–H groups in total. The van der Waals surface area contributed by atoms with E-state index >= 15 is 0 Å². The SMILES string of the molecule is N#CC1=C2SCN(c3ccc(Br)cc3)CN2C(=O)C[C@@H]1c1ccc(Cl)cc1. The fourth-order valence-electron chi connectivity index (χ4n) is 3.36. The number of hydrogen-bond donors (Lipinski definition) is 0. The number of anilines is 1. The molecule has 0 saturated carbocycles. The highest BCUT2D eigenvalue weighted by Crippen LogP contribution is 2.43. The summed E-state index contributed by atoms with van der Waals surface area (Å²) in [4.78, 5) is 16.8. The van der Waals surface area contributed by atoms with E-state index in [1.807, 2.05) is 36.4 Å². The fraction of sp³-hybridized carbons (Fsp3) is 0.200. The van der Waals surface area contributed by atoms with Crippen LogP contribution in [0.5, 0.6) is 0 Å². The highest BCUT2D eigenvalue weighted by Gasteiger charge is 2.38. The second-order valence-corrected chi connectivity index (χ2v) is 8.68. The number of hydrogen-bond acceptors (Lipinski definition) is 4. The molecular formula is C20H15BrClN3OS. The van der Waals surface area contributed by atoms with Gasteiger partial charge >= 0.3 is 0 Å². The molecule has 0 aliphatic carbocycles. The summed E-state index contributed by atoms with van der Waals surface area (Å²) in [6, 6.07) is 17.8. The van der Waals surface area contributed by atoms with Gasteiger partial charge in [0.1, 0.15) is 0 Å². The van der Waals surface area contributed by atoms with Crippen LogP contribution < -0.4 is 4.90 Å². The van der Waals surface area contributed by atoms with Crippen molar-refractivity contribution in [2.45, 2.75) is 12.3 Å². The lowest BCUT2D eigenvalue weighted by atomic mass is 9.86. The van der Waals surface area contributed by atoms with Crippen molar-refractivity contribution in [3.63, 3.8) is 0 Å². The number of allylic oxidation sites excluding steroid dienone is 1. The van der Waals surface area contributed by atoms with E-state index in [4.69, 9.17) is 11.6 Å². The second kappa shape index (κ2) is 7.59.